The third-order valence-corrected chi connectivity index (χ3v) is 5.10. The van der Waals surface area contributed by atoms with Crippen LogP contribution in [0.3, 0.4) is 0 Å². The van der Waals surface area contributed by atoms with Gasteiger partial charge < -0.3 is 5.32 Å². The average molecular weight is 306 g/mol. The van der Waals surface area contributed by atoms with E-state index in [1.807, 2.05) is 23.1 Å². The Morgan fingerprint density at radius 1 is 1.19 bits per heavy atom. The first-order valence-corrected chi connectivity index (χ1v) is 8.42. The van der Waals surface area contributed by atoms with Gasteiger partial charge in [0.15, 0.2) is 0 Å². The van der Waals surface area contributed by atoms with Gasteiger partial charge in [-0.15, -0.1) is 11.3 Å². The summed E-state index contributed by atoms with van der Waals surface area (Å²) < 4.78 is 1.98. The molecule has 0 saturated heterocycles. The maximum Gasteiger partial charge on any atom is 0.0949 e. The van der Waals surface area contributed by atoms with Gasteiger partial charge in [0.05, 0.1) is 16.4 Å². The Morgan fingerprint density at radius 3 is 2.38 bits per heavy atom. The highest BCUT2D eigenvalue weighted by Gasteiger charge is 2.21. The van der Waals surface area contributed by atoms with Crippen molar-refractivity contribution in [3.05, 3.63) is 32.5 Å². The molecule has 1 atom stereocenters. The summed E-state index contributed by atoms with van der Waals surface area (Å²) in [6, 6.07) is 0.295. The molecule has 0 aliphatic rings. The quantitative estimate of drug-likeness (QED) is 0.889. The van der Waals surface area contributed by atoms with Gasteiger partial charge in [-0.1, -0.05) is 6.92 Å². The number of thiazole rings is 1. The zero-order valence-electron chi connectivity index (χ0n) is 13.9. The second kappa shape index (κ2) is 6.71. The second-order valence-electron chi connectivity index (χ2n) is 5.67. The van der Waals surface area contributed by atoms with Crippen LogP contribution in [0.25, 0.3) is 0 Å². The van der Waals surface area contributed by atoms with E-state index in [9.17, 15) is 0 Å². The van der Waals surface area contributed by atoms with Crippen molar-refractivity contribution in [2.24, 2.45) is 7.05 Å². The fraction of sp³-hybridized carbons (Fsp3) is 0.625. The fourth-order valence-corrected chi connectivity index (χ4v) is 3.67. The van der Waals surface area contributed by atoms with Crippen molar-refractivity contribution < 1.29 is 0 Å². The lowest BCUT2D eigenvalue weighted by Gasteiger charge is -2.18. The fourth-order valence-electron chi connectivity index (χ4n) is 2.69. The van der Waals surface area contributed by atoms with Crippen molar-refractivity contribution in [1.82, 2.24) is 20.1 Å². The Morgan fingerprint density at radius 2 is 1.90 bits per heavy atom. The Kier molecular flexibility index (Phi) is 5.17. The highest BCUT2D eigenvalue weighted by molar-refractivity contribution is 7.11. The Hall–Kier alpha value is -1.20. The van der Waals surface area contributed by atoms with Crippen LogP contribution in [0, 0.1) is 27.7 Å². The number of hydrogen-bond acceptors (Lipinski definition) is 4. The molecule has 0 spiro atoms. The van der Waals surface area contributed by atoms with Crippen LogP contribution in [0.15, 0.2) is 0 Å². The molecule has 21 heavy (non-hydrogen) atoms. The van der Waals surface area contributed by atoms with Gasteiger partial charge >= 0.3 is 0 Å². The number of hydrogen-bond donors (Lipinski definition) is 1. The first-order chi connectivity index (χ1) is 9.93. The lowest BCUT2D eigenvalue weighted by molar-refractivity contribution is 0.523. The first-order valence-electron chi connectivity index (χ1n) is 7.60. The van der Waals surface area contributed by atoms with E-state index in [4.69, 9.17) is 4.98 Å². The van der Waals surface area contributed by atoms with Crippen molar-refractivity contribution in [2.45, 2.75) is 53.5 Å². The maximum absolute atomic E-state index is 4.70. The van der Waals surface area contributed by atoms with E-state index in [1.165, 1.54) is 21.1 Å². The van der Waals surface area contributed by atoms with Crippen LogP contribution in [0.4, 0.5) is 0 Å². The van der Waals surface area contributed by atoms with Crippen molar-refractivity contribution >= 4 is 11.3 Å². The van der Waals surface area contributed by atoms with Crippen molar-refractivity contribution in [3.63, 3.8) is 0 Å². The molecule has 2 rings (SSSR count). The zero-order chi connectivity index (χ0) is 15.6. The molecule has 0 amide bonds. The molecule has 0 bridgehead atoms. The predicted molar refractivity (Wildman–Crippen MR) is 89.0 cm³/mol. The molecule has 116 valence electrons. The van der Waals surface area contributed by atoms with Crippen LogP contribution in [-0.2, 0) is 13.5 Å². The third-order valence-electron chi connectivity index (χ3n) is 4.01. The van der Waals surface area contributed by atoms with Gasteiger partial charge in [-0.2, -0.15) is 5.10 Å². The Balaban J connectivity index is 2.29. The molecule has 0 saturated carbocycles. The highest BCUT2D eigenvalue weighted by Crippen LogP contribution is 2.27. The SMILES string of the molecule is CCCNC(Cc1nc(C)c(C)s1)c1c(C)nn(C)c1C. The van der Waals surface area contributed by atoms with E-state index in [-0.39, 0.29) is 0 Å². The molecule has 0 radical (unpaired) electrons. The third kappa shape index (κ3) is 3.52. The summed E-state index contributed by atoms with van der Waals surface area (Å²) in [4.78, 5) is 6.02. The van der Waals surface area contributed by atoms with Gasteiger partial charge in [0.1, 0.15) is 0 Å². The van der Waals surface area contributed by atoms with Gasteiger partial charge in [0, 0.05) is 35.6 Å². The molecule has 0 aliphatic carbocycles. The smallest absolute Gasteiger partial charge is 0.0949 e. The molecular formula is C16H26N4S. The molecular weight excluding hydrogens is 280 g/mol. The first kappa shape index (κ1) is 16.2. The number of nitrogens with one attached hydrogen (secondary N) is 1. The van der Waals surface area contributed by atoms with Crippen LogP contribution in [-0.4, -0.2) is 21.3 Å². The molecule has 1 unspecified atom stereocenters. The van der Waals surface area contributed by atoms with Gasteiger partial charge in [0.2, 0.25) is 0 Å². The van der Waals surface area contributed by atoms with Crippen molar-refractivity contribution in [3.8, 4) is 0 Å². The summed E-state index contributed by atoms with van der Waals surface area (Å²) in [7, 11) is 2.01. The van der Waals surface area contributed by atoms with E-state index >= 15 is 0 Å². The Labute approximate surface area is 131 Å². The van der Waals surface area contributed by atoms with Crippen LogP contribution < -0.4 is 5.32 Å². The summed E-state index contributed by atoms with van der Waals surface area (Å²) >= 11 is 1.81. The highest BCUT2D eigenvalue weighted by atomic mass is 32.1. The van der Waals surface area contributed by atoms with E-state index in [0.29, 0.717) is 6.04 Å². The van der Waals surface area contributed by atoms with Gasteiger partial charge in [0.25, 0.3) is 0 Å². The van der Waals surface area contributed by atoms with Crippen LogP contribution in [0.2, 0.25) is 0 Å². The minimum absolute atomic E-state index is 0.295. The molecule has 5 heteroatoms. The van der Waals surface area contributed by atoms with Crippen LogP contribution in [0.5, 0.6) is 0 Å². The predicted octanol–water partition coefficient (Wildman–Crippen LogP) is 3.39. The summed E-state index contributed by atoms with van der Waals surface area (Å²) in [5.74, 6) is 0. The van der Waals surface area contributed by atoms with Crippen LogP contribution >= 0.6 is 11.3 Å². The van der Waals surface area contributed by atoms with E-state index in [2.05, 4.69) is 45.0 Å². The summed E-state index contributed by atoms with van der Waals surface area (Å²) in [6.07, 6.45) is 2.07. The Bertz CT molecular complexity index is 593. The largest absolute Gasteiger partial charge is 0.309 e. The summed E-state index contributed by atoms with van der Waals surface area (Å²) in [5.41, 5.74) is 4.85. The number of nitrogens with zero attached hydrogens (tertiary/aromatic N) is 3. The van der Waals surface area contributed by atoms with Crippen molar-refractivity contribution in [1.29, 1.82) is 0 Å². The molecule has 1 N–H and O–H groups in total. The minimum Gasteiger partial charge on any atom is -0.309 e. The molecule has 2 aromatic heterocycles. The lowest BCUT2D eigenvalue weighted by atomic mass is 10.0. The standard InChI is InChI=1S/C16H26N4S/c1-7-8-17-14(9-15-18-10(2)13(5)21-15)16-11(3)19-20(6)12(16)4/h14,17H,7-9H2,1-6H3. The summed E-state index contributed by atoms with van der Waals surface area (Å²) in [6.45, 7) is 11.7. The van der Waals surface area contributed by atoms with E-state index in [1.54, 1.807) is 0 Å². The number of rotatable bonds is 6. The molecule has 4 nitrogen and oxygen atoms in total. The zero-order valence-corrected chi connectivity index (χ0v) is 14.8. The minimum atomic E-state index is 0.295. The van der Waals surface area contributed by atoms with Crippen molar-refractivity contribution in [2.75, 3.05) is 6.54 Å². The number of aromatic nitrogens is 3. The monoisotopic (exact) mass is 306 g/mol. The number of aryl methyl sites for hydroxylation is 4. The van der Waals surface area contributed by atoms with Gasteiger partial charge in [-0.3, -0.25) is 4.68 Å². The van der Waals surface area contributed by atoms with E-state index in [0.717, 1.165) is 30.8 Å². The molecule has 2 heterocycles. The molecule has 0 fully saturated rings. The van der Waals surface area contributed by atoms with Gasteiger partial charge in [-0.05, 0) is 40.7 Å². The maximum atomic E-state index is 4.70. The summed E-state index contributed by atoms with van der Waals surface area (Å²) in [5, 5.41) is 9.44. The molecule has 2 aromatic rings. The average Bonchev–Trinajstić information content (AvgIpc) is 2.86. The lowest BCUT2D eigenvalue weighted by Crippen LogP contribution is -2.25. The van der Waals surface area contributed by atoms with Crippen LogP contribution in [0.1, 0.15) is 51.9 Å². The molecule has 0 aromatic carbocycles. The van der Waals surface area contributed by atoms with E-state index < -0.39 is 0 Å². The molecule has 0 aliphatic heterocycles. The van der Waals surface area contributed by atoms with Gasteiger partial charge in [-0.25, -0.2) is 4.98 Å². The normalized spacial score (nSPS) is 12.9. The second-order valence-corrected chi connectivity index (χ2v) is 6.96. The topological polar surface area (TPSA) is 42.7 Å².